The van der Waals surface area contributed by atoms with Gasteiger partial charge in [0.15, 0.2) is 0 Å². The molecule has 3 fully saturated rings. The summed E-state index contributed by atoms with van der Waals surface area (Å²) in [7, 11) is 0. The molecular formula is C26H32F3N3. The summed E-state index contributed by atoms with van der Waals surface area (Å²) in [6.07, 6.45) is 2.03. The van der Waals surface area contributed by atoms with E-state index in [1.807, 2.05) is 36.4 Å². The monoisotopic (exact) mass is 443 g/mol. The van der Waals surface area contributed by atoms with Gasteiger partial charge in [0, 0.05) is 43.2 Å². The molecule has 1 heterocycles. The predicted octanol–water partition coefficient (Wildman–Crippen LogP) is 5.16. The summed E-state index contributed by atoms with van der Waals surface area (Å²) in [5.41, 5.74) is 7.44. The smallest absolute Gasteiger partial charge is 0.326 e. The molecular weight excluding hydrogens is 411 g/mol. The first-order valence-corrected chi connectivity index (χ1v) is 11.9. The molecule has 2 saturated carbocycles. The van der Waals surface area contributed by atoms with E-state index in [1.54, 1.807) is 6.07 Å². The van der Waals surface area contributed by atoms with Gasteiger partial charge in [-0.2, -0.15) is 13.2 Å². The first-order chi connectivity index (χ1) is 15.4. The van der Waals surface area contributed by atoms with Crippen LogP contribution in [0.1, 0.15) is 55.6 Å². The van der Waals surface area contributed by atoms with Crippen molar-refractivity contribution >= 4 is 0 Å². The molecule has 172 valence electrons. The van der Waals surface area contributed by atoms with Gasteiger partial charge in [-0.25, -0.2) is 0 Å². The average Bonchev–Trinajstić information content (AvgIpc) is 3.42. The van der Waals surface area contributed by atoms with Crippen molar-refractivity contribution < 1.29 is 13.2 Å². The number of benzene rings is 2. The molecule has 3 atom stereocenters. The van der Waals surface area contributed by atoms with E-state index in [1.165, 1.54) is 6.07 Å². The van der Waals surface area contributed by atoms with E-state index in [0.29, 0.717) is 29.3 Å². The Labute approximate surface area is 188 Å². The van der Waals surface area contributed by atoms with E-state index in [0.717, 1.165) is 57.2 Å². The zero-order valence-electron chi connectivity index (χ0n) is 18.3. The highest BCUT2D eigenvalue weighted by Gasteiger charge is 2.45. The number of nitrogens with one attached hydrogen (secondary N) is 1. The number of hydrogen-bond donors (Lipinski definition) is 2. The maximum absolute atomic E-state index is 13.9. The lowest BCUT2D eigenvalue weighted by atomic mass is 9.90. The number of alkyl halides is 3. The molecule has 0 spiro atoms. The number of likely N-dealkylation sites (tertiary alicyclic amines) is 1. The highest BCUT2D eigenvalue weighted by molar-refractivity contribution is 5.65. The largest absolute Gasteiger partial charge is 0.416 e. The van der Waals surface area contributed by atoms with E-state index >= 15 is 0 Å². The van der Waals surface area contributed by atoms with Crippen molar-refractivity contribution in [1.29, 1.82) is 0 Å². The first-order valence-electron chi connectivity index (χ1n) is 11.9. The van der Waals surface area contributed by atoms with E-state index in [9.17, 15) is 13.2 Å². The fourth-order valence-corrected chi connectivity index (χ4v) is 5.72. The van der Waals surface area contributed by atoms with Gasteiger partial charge in [-0.15, -0.1) is 0 Å². The van der Waals surface area contributed by atoms with Crippen LogP contribution in [0.5, 0.6) is 0 Å². The van der Waals surface area contributed by atoms with Gasteiger partial charge in [-0.1, -0.05) is 42.5 Å². The Bertz CT molecular complexity index is 922. The van der Waals surface area contributed by atoms with Crippen molar-refractivity contribution in [3.63, 3.8) is 0 Å². The Morgan fingerprint density at radius 1 is 0.906 bits per heavy atom. The maximum Gasteiger partial charge on any atom is 0.416 e. The molecule has 32 heavy (non-hydrogen) atoms. The van der Waals surface area contributed by atoms with Crippen LogP contribution in [0.3, 0.4) is 0 Å². The molecule has 0 amide bonds. The minimum Gasteiger partial charge on any atom is -0.326 e. The van der Waals surface area contributed by atoms with Crippen LogP contribution in [-0.4, -0.2) is 42.2 Å². The van der Waals surface area contributed by atoms with Gasteiger partial charge in [0.25, 0.3) is 0 Å². The molecule has 3 N–H and O–H groups in total. The summed E-state index contributed by atoms with van der Waals surface area (Å²) in [5, 5.41) is 3.68. The van der Waals surface area contributed by atoms with E-state index in [-0.39, 0.29) is 12.0 Å². The van der Waals surface area contributed by atoms with Crippen molar-refractivity contribution in [2.75, 3.05) is 13.1 Å². The van der Waals surface area contributed by atoms with Gasteiger partial charge in [0.1, 0.15) is 0 Å². The van der Waals surface area contributed by atoms with Crippen molar-refractivity contribution in [3.05, 3.63) is 59.7 Å². The summed E-state index contributed by atoms with van der Waals surface area (Å²) in [4.78, 5) is 2.53. The van der Waals surface area contributed by atoms with Crippen molar-refractivity contribution in [1.82, 2.24) is 10.2 Å². The van der Waals surface area contributed by atoms with Gasteiger partial charge in [-0.05, 0) is 61.3 Å². The third-order valence-corrected chi connectivity index (χ3v) is 7.57. The zero-order valence-corrected chi connectivity index (χ0v) is 18.3. The van der Waals surface area contributed by atoms with Gasteiger partial charge in [0.2, 0.25) is 0 Å². The van der Waals surface area contributed by atoms with Crippen LogP contribution < -0.4 is 11.1 Å². The Morgan fingerprint density at radius 3 is 2.31 bits per heavy atom. The molecule has 1 saturated heterocycles. The number of nitrogens with two attached hydrogens (primary N) is 1. The first kappa shape index (κ1) is 21.9. The molecule has 2 aromatic carbocycles. The van der Waals surface area contributed by atoms with Crippen LogP contribution in [0.4, 0.5) is 13.2 Å². The Kier molecular flexibility index (Phi) is 6.03. The molecule has 1 aliphatic heterocycles. The minimum atomic E-state index is -4.35. The summed E-state index contributed by atoms with van der Waals surface area (Å²) >= 11 is 0. The molecule has 2 aromatic rings. The lowest BCUT2D eigenvalue weighted by molar-refractivity contribution is -0.138. The maximum atomic E-state index is 13.9. The second-order valence-corrected chi connectivity index (χ2v) is 9.83. The lowest BCUT2D eigenvalue weighted by Crippen LogP contribution is -2.43. The zero-order chi connectivity index (χ0) is 22.3. The topological polar surface area (TPSA) is 41.3 Å². The van der Waals surface area contributed by atoms with Crippen molar-refractivity contribution in [3.8, 4) is 11.1 Å². The molecule has 2 aliphatic carbocycles. The Balaban J connectivity index is 1.22. The predicted molar refractivity (Wildman–Crippen MR) is 121 cm³/mol. The number of nitrogens with zero attached hydrogens (tertiary/aromatic N) is 1. The third-order valence-electron chi connectivity index (χ3n) is 7.57. The summed E-state index contributed by atoms with van der Waals surface area (Å²) in [6, 6.07) is 15.6. The van der Waals surface area contributed by atoms with Gasteiger partial charge >= 0.3 is 6.18 Å². The molecule has 0 bridgehead atoms. The molecule has 3 aliphatic rings. The highest BCUT2D eigenvalue weighted by Crippen LogP contribution is 2.47. The van der Waals surface area contributed by atoms with Gasteiger partial charge < -0.3 is 11.1 Å². The highest BCUT2D eigenvalue weighted by atomic mass is 19.4. The van der Waals surface area contributed by atoms with E-state index < -0.39 is 11.7 Å². The SMILES string of the molecule is NC1CCN(C2CCC(NC3CC3c3ccc(-c4ccccc4)cc3C(F)(F)F)CC2)C1. The van der Waals surface area contributed by atoms with Crippen LogP contribution in [0, 0.1) is 0 Å². The fourth-order valence-electron chi connectivity index (χ4n) is 5.72. The summed E-state index contributed by atoms with van der Waals surface area (Å²) in [5.74, 6) is -0.0502. The van der Waals surface area contributed by atoms with Crippen LogP contribution in [0.15, 0.2) is 48.5 Å². The number of hydrogen-bond acceptors (Lipinski definition) is 3. The van der Waals surface area contributed by atoms with Crippen molar-refractivity contribution in [2.45, 2.75) is 74.8 Å². The van der Waals surface area contributed by atoms with Crippen LogP contribution in [0.2, 0.25) is 0 Å². The minimum absolute atomic E-state index is 0.0502. The van der Waals surface area contributed by atoms with Crippen LogP contribution in [0.25, 0.3) is 11.1 Å². The van der Waals surface area contributed by atoms with Gasteiger partial charge in [-0.3, -0.25) is 4.90 Å². The molecule has 0 aromatic heterocycles. The standard InChI is InChI=1S/C26H32F3N3/c27-26(28,29)24-14-18(17-4-2-1-3-5-17)6-11-22(24)23-15-25(23)31-20-7-9-21(10-8-20)32-13-12-19(30)16-32/h1-6,11,14,19-21,23,25,31H,7-10,12-13,15-16,30H2. The third kappa shape index (κ3) is 4.73. The van der Waals surface area contributed by atoms with E-state index in [4.69, 9.17) is 5.73 Å². The summed E-state index contributed by atoms with van der Waals surface area (Å²) in [6.45, 7) is 2.11. The fraction of sp³-hybridized carbons (Fsp3) is 0.538. The van der Waals surface area contributed by atoms with Crippen LogP contribution >= 0.6 is 0 Å². The quantitative estimate of drug-likeness (QED) is 0.671. The average molecular weight is 444 g/mol. The Hall–Kier alpha value is -1.89. The molecule has 3 nitrogen and oxygen atoms in total. The molecule has 5 rings (SSSR count). The Morgan fingerprint density at radius 2 is 1.66 bits per heavy atom. The van der Waals surface area contributed by atoms with E-state index in [2.05, 4.69) is 10.2 Å². The molecule has 0 radical (unpaired) electrons. The molecule has 6 heteroatoms. The lowest BCUT2D eigenvalue weighted by Gasteiger charge is -2.35. The van der Waals surface area contributed by atoms with Crippen LogP contribution in [-0.2, 0) is 6.18 Å². The molecule has 3 unspecified atom stereocenters. The van der Waals surface area contributed by atoms with Crippen molar-refractivity contribution in [2.24, 2.45) is 5.73 Å². The number of rotatable bonds is 5. The second kappa shape index (κ2) is 8.81. The number of halogens is 3. The second-order valence-electron chi connectivity index (χ2n) is 9.83. The normalized spacial score (nSPS) is 31.1. The van der Waals surface area contributed by atoms with Gasteiger partial charge in [0.05, 0.1) is 5.56 Å². The summed E-state index contributed by atoms with van der Waals surface area (Å²) < 4.78 is 41.7.